The van der Waals surface area contributed by atoms with E-state index < -0.39 is 0 Å². The zero-order chi connectivity index (χ0) is 14.5. The Morgan fingerprint density at radius 3 is 2.90 bits per heavy atom. The van der Waals surface area contributed by atoms with E-state index in [1.54, 1.807) is 23.4 Å². The summed E-state index contributed by atoms with van der Waals surface area (Å²) in [7, 11) is 0. The first kappa shape index (κ1) is 14.1. The predicted octanol–water partition coefficient (Wildman–Crippen LogP) is 1.28. The van der Waals surface area contributed by atoms with E-state index >= 15 is 0 Å². The van der Waals surface area contributed by atoms with Gasteiger partial charge in [-0.3, -0.25) is 0 Å². The molecule has 1 amide bonds. The Bertz CT molecular complexity index is 459. The third-order valence-corrected chi connectivity index (χ3v) is 3.71. The van der Waals surface area contributed by atoms with E-state index in [2.05, 4.69) is 15.3 Å². The van der Waals surface area contributed by atoms with Crippen molar-refractivity contribution < 1.29 is 14.3 Å². The van der Waals surface area contributed by atoms with Crippen LogP contribution in [0.3, 0.4) is 0 Å². The van der Waals surface area contributed by atoms with Crippen LogP contribution in [-0.4, -0.2) is 59.4 Å². The van der Waals surface area contributed by atoms with E-state index in [0.717, 1.165) is 25.9 Å². The standard InChI is InChI=1S/C14H20N4O3/c19-14(21-10-12-4-1-2-7-20-12)18-8-11(9-18)17-13-15-5-3-6-16-13/h3,5-6,11-12H,1-2,4,7-10H2,(H,15,16,17). The summed E-state index contributed by atoms with van der Waals surface area (Å²) in [6.07, 6.45) is 6.39. The molecule has 2 aliphatic heterocycles. The highest BCUT2D eigenvalue weighted by Crippen LogP contribution is 2.16. The number of anilines is 1. The van der Waals surface area contributed by atoms with Gasteiger partial charge in [0.15, 0.2) is 0 Å². The fourth-order valence-corrected chi connectivity index (χ4v) is 2.47. The SMILES string of the molecule is O=C(OCC1CCCCO1)N1CC(Nc2ncccn2)C1. The van der Waals surface area contributed by atoms with Crippen LogP contribution in [0.25, 0.3) is 0 Å². The van der Waals surface area contributed by atoms with Gasteiger partial charge in [-0.15, -0.1) is 0 Å². The Balaban J connectivity index is 1.34. The van der Waals surface area contributed by atoms with E-state index in [4.69, 9.17) is 9.47 Å². The van der Waals surface area contributed by atoms with Gasteiger partial charge in [-0.2, -0.15) is 0 Å². The molecule has 2 aliphatic rings. The van der Waals surface area contributed by atoms with Crippen molar-refractivity contribution in [2.45, 2.75) is 31.4 Å². The van der Waals surface area contributed by atoms with Crippen LogP contribution in [0.2, 0.25) is 0 Å². The van der Waals surface area contributed by atoms with Gasteiger partial charge in [0.25, 0.3) is 0 Å². The molecule has 0 saturated carbocycles. The molecule has 21 heavy (non-hydrogen) atoms. The summed E-state index contributed by atoms with van der Waals surface area (Å²) in [4.78, 5) is 21.7. The molecule has 2 fully saturated rings. The van der Waals surface area contributed by atoms with Crippen molar-refractivity contribution in [1.82, 2.24) is 14.9 Å². The Hall–Kier alpha value is -1.89. The van der Waals surface area contributed by atoms with Crippen LogP contribution >= 0.6 is 0 Å². The maximum atomic E-state index is 11.9. The molecule has 1 atom stereocenters. The maximum Gasteiger partial charge on any atom is 0.409 e. The molecule has 1 aromatic heterocycles. The monoisotopic (exact) mass is 292 g/mol. The number of amides is 1. The van der Waals surface area contributed by atoms with Gasteiger partial charge in [-0.05, 0) is 25.3 Å². The molecule has 0 spiro atoms. The molecule has 0 aliphatic carbocycles. The lowest BCUT2D eigenvalue weighted by Gasteiger charge is -2.38. The van der Waals surface area contributed by atoms with Gasteiger partial charge in [0.05, 0.1) is 12.1 Å². The third kappa shape index (κ3) is 3.81. The van der Waals surface area contributed by atoms with Gasteiger partial charge in [0.1, 0.15) is 6.61 Å². The Kier molecular flexibility index (Phi) is 4.49. The first-order valence-corrected chi connectivity index (χ1v) is 7.38. The van der Waals surface area contributed by atoms with Crippen LogP contribution in [0.4, 0.5) is 10.7 Å². The third-order valence-electron chi connectivity index (χ3n) is 3.71. The maximum absolute atomic E-state index is 11.9. The molecular formula is C14H20N4O3. The first-order valence-electron chi connectivity index (χ1n) is 7.38. The zero-order valence-electron chi connectivity index (χ0n) is 11.9. The molecule has 7 heteroatoms. The smallest absolute Gasteiger partial charge is 0.409 e. The van der Waals surface area contributed by atoms with Crippen molar-refractivity contribution in [3.05, 3.63) is 18.5 Å². The molecule has 3 rings (SSSR count). The number of likely N-dealkylation sites (tertiary alicyclic amines) is 1. The van der Waals surface area contributed by atoms with Crippen molar-refractivity contribution in [3.8, 4) is 0 Å². The normalized spacial score (nSPS) is 22.5. The summed E-state index contributed by atoms with van der Waals surface area (Å²) in [5.74, 6) is 0.589. The zero-order valence-corrected chi connectivity index (χ0v) is 11.9. The van der Waals surface area contributed by atoms with Crippen molar-refractivity contribution in [2.24, 2.45) is 0 Å². The molecule has 0 aromatic carbocycles. The predicted molar refractivity (Wildman–Crippen MR) is 76.0 cm³/mol. The van der Waals surface area contributed by atoms with Crippen LogP contribution in [0.1, 0.15) is 19.3 Å². The van der Waals surface area contributed by atoms with E-state index in [1.807, 2.05) is 0 Å². The molecule has 0 radical (unpaired) electrons. The minimum atomic E-state index is -0.267. The fraction of sp³-hybridized carbons (Fsp3) is 0.643. The van der Waals surface area contributed by atoms with E-state index in [0.29, 0.717) is 25.6 Å². The molecule has 0 bridgehead atoms. The minimum Gasteiger partial charge on any atom is -0.447 e. The van der Waals surface area contributed by atoms with Crippen molar-refractivity contribution in [3.63, 3.8) is 0 Å². The largest absolute Gasteiger partial charge is 0.447 e. The topological polar surface area (TPSA) is 76.6 Å². The van der Waals surface area contributed by atoms with Crippen molar-refractivity contribution in [2.75, 3.05) is 31.6 Å². The number of nitrogens with one attached hydrogen (secondary N) is 1. The van der Waals surface area contributed by atoms with Crippen LogP contribution in [-0.2, 0) is 9.47 Å². The summed E-state index contributed by atoms with van der Waals surface area (Å²) in [5.41, 5.74) is 0. The number of carbonyl (C=O) groups excluding carboxylic acids is 1. The number of ether oxygens (including phenoxy) is 2. The molecule has 3 heterocycles. The second kappa shape index (κ2) is 6.71. The van der Waals surface area contributed by atoms with Gasteiger partial charge >= 0.3 is 6.09 Å². The molecule has 1 unspecified atom stereocenters. The van der Waals surface area contributed by atoms with Crippen molar-refractivity contribution >= 4 is 12.0 Å². The lowest BCUT2D eigenvalue weighted by atomic mass is 10.1. The number of aromatic nitrogens is 2. The lowest BCUT2D eigenvalue weighted by Crippen LogP contribution is -2.57. The average Bonchev–Trinajstić information content (AvgIpc) is 2.50. The highest BCUT2D eigenvalue weighted by molar-refractivity contribution is 5.69. The van der Waals surface area contributed by atoms with E-state index in [1.165, 1.54) is 0 Å². The van der Waals surface area contributed by atoms with E-state index in [-0.39, 0.29) is 18.2 Å². The molecule has 1 aromatic rings. The molecule has 114 valence electrons. The molecular weight excluding hydrogens is 272 g/mol. The highest BCUT2D eigenvalue weighted by atomic mass is 16.6. The highest BCUT2D eigenvalue weighted by Gasteiger charge is 2.32. The fourth-order valence-electron chi connectivity index (χ4n) is 2.47. The van der Waals surface area contributed by atoms with Gasteiger partial charge < -0.3 is 19.7 Å². The summed E-state index contributed by atoms with van der Waals surface area (Å²) in [5, 5.41) is 3.17. The number of rotatable bonds is 4. The van der Waals surface area contributed by atoms with Gasteiger partial charge in [0, 0.05) is 32.1 Å². The number of hydrogen-bond donors (Lipinski definition) is 1. The second-order valence-corrected chi connectivity index (χ2v) is 5.38. The van der Waals surface area contributed by atoms with Crippen LogP contribution < -0.4 is 5.32 Å². The molecule has 7 nitrogen and oxygen atoms in total. The Labute approximate surface area is 123 Å². The van der Waals surface area contributed by atoms with Gasteiger partial charge in [-0.25, -0.2) is 14.8 Å². The molecule has 2 saturated heterocycles. The minimum absolute atomic E-state index is 0.0654. The van der Waals surface area contributed by atoms with E-state index in [9.17, 15) is 4.79 Å². The number of hydrogen-bond acceptors (Lipinski definition) is 6. The Morgan fingerprint density at radius 2 is 2.19 bits per heavy atom. The summed E-state index contributed by atoms with van der Waals surface area (Å²) < 4.78 is 10.8. The van der Waals surface area contributed by atoms with Crippen LogP contribution in [0, 0.1) is 0 Å². The average molecular weight is 292 g/mol. The Morgan fingerprint density at radius 1 is 1.38 bits per heavy atom. The summed E-state index contributed by atoms with van der Waals surface area (Å²) >= 11 is 0. The molecule has 1 N–H and O–H groups in total. The van der Waals surface area contributed by atoms with Gasteiger partial charge in [0.2, 0.25) is 5.95 Å². The second-order valence-electron chi connectivity index (χ2n) is 5.38. The first-order chi connectivity index (χ1) is 10.3. The van der Waals surface area contributed by atoms with Crippen LogP contribution in [0.15, 0.2) is 18.5 Å². The number of carbonyl (C=O) groups is 1. The lowest BCUT2D eigenvalue weighted by molar-refractivity contribution is -0.0312. The quantitative estimate of drug-likeness (QED) is 0.901. The summed E-state index contributed by atoms with van der Waals surface area (Å²) in [6.45, 7) is 2.36. The van der Waals surface area contributed by atoms with Crippen LogP contribution in [0.5, 0.6) is 0 Å². The number of nitrogens with zero attached hydrogens (tertiary/aromatic N) is 3. The summed E-state index contributed by atoms with van der Waals surface area (Å²) in [6, 6.07) is 1.95. The van der Waals surface area contributed by atoms with Crippen molar-refractivity contribution in [1.29, 1.82) is 0 Å². The van der Waals surface area contributed by atoms with Gasteiger partial charge in [-0.1, -0.05) is 0 Å².